The van der Waals surface area contributed by atoms with Crippen LogP contribution in [0.4, 0.5) is 0 Å². The molecule has 0 amide bonds. The van der Waals surface area contributed by atoms with E-state index in [4.69, 9.17) is 0 Å². The Hall–Kier alpha value is 0.350. The van der Waals surface area contributed by atoms with Gasteiger partial charge in [0.2, 0.25) is 0 Å². The molecule has 4 aliphatic carbocycles. The fourth-order valence-electron chi connectivity index (χ4n) is 11.2. The average molecular weight is 599 g/mol. The van der Waals surface area contributed by atoms with Crippen molar-refractivity contribution in [2.45, 2.75) is 168 Å². The minimum atomic E-state index is -0.990. The van der Waals surface area contributed by atoms with Gasteiger partial charge in [-0.1, -0.05) is 91.9 Å². The number of rotatable bonds is 15. The summed E-state index contributed by atoms with van der Waals surface area (Å²) in [5.41, 5.74) is -0.236. The number of carbonyl (C=O) groups is 1. The summed E-state index contributed by atoms with van der Waals surface area (Å²) in [6, 6.07) is 0. The largest absolute Gasteiger partial charge is 1.00 e. The van der Waals surface area contributed by atoms with E-state index in [2.05, 4.69) is 27.7 Å². The van der Waals surface area contributed by atoms with Crippen molar-refractivity contribution in [1.82, 2.24) is 0 Å². The van der Waals surface area contributed by atoms with Gasteiger partial charge in [-0.25, -0.2) is 0 Å². The van der Waals surface area contributed by atoms with Crippen LogP contribution < -0.4 is 34.7 Å². The van der Waals surface area contributed by atoms with Crippen molar-refractivity contribution >= 4 is 5.97 Å². The van der Waals surface area contributed by atoms with E-state index in [1.165, 1.54) is 64.2 Å². The number of hydrogen-bond acceptors (Lipinski definition) is 5. The van der Waals surface area contributed by atoms with Gasteiger partial charge in [0.15, 0.2) is 0 Å². The minimum Gasteiger partial charge on any atom is -0.550 e. The molecule has 4 aliphatic rings. The molecule has 0 saturated heterocycles. The first kappa shape index (κ1) is 36.8. The zero-order valence-corrected chi connectivity index (χ0v) is 29.9. The van der Waals surface area contributed by atoms with Crippen LogP contribution in [0.25, 0.3) is 0 Å². The van der Waals surface area contributed by atoms with E-state index in [1.807, 2.05) is 0 Å². The first-order valence-corrected chi connectivity index (χ1v) is 17.8. The number of aliphatic carboxylic acids is 1. The molecular weight excluding hydrogens is 535 g/mol. The second kappa shape index (κ2) is 16.3. The maximum absolute atomic E-state index is 11.9. The third-order valence-electron chi connectivity index (χ3n) is 13.5. The average Bonchev–Trinajstić information content (AvgIpc) is 3.28. The minimum absolute atomic E-state index is 0. The predicted octanol–water partition coefficient (Wildman–Crippen LogP) is 3.66. The first-order valence-electron chi connectivity index (χ1n) is 17.8. The van der Waals surface area contributed by atoms with E-state index < -0.39 is 12.1 Å². The molecule has 238 valence electrons. The number of carboxylic acids is 1. The van der Waals surface area contributed by atoms with E-state index in [1.54, 1.807) is 0 Å². The number of carboxylic acid groups (broad SMARTS) is 1. The van der Waals surface area contributed by atoms with E-state index >= 15 is 0 Å². The normalized spacial score (nSPS) is 41.7. The molecule has 5 nitrogen and oxygen atoms in total. The molecule has 0 heterocycles. The summed E-state index contributed by atoms with van der Waals surface area (Å²) < 4.78 is 0. The maximum atomic E-state index is 11.9. The van der Waals surface area contributed by atoms with Crippen molar-refractivity contribution in [3.8, 4) is 0 Å². The fourth-order valence-corrected chi connectivity index (χ4v) is 11.2. The van der Waals surface area contributed by atoms with Crippen molar-refractivity contribution in [2.75, 3.05) is 0 Å². The molecule has 12 atom stereocenters. The monoisotopic (exact) mass is 598 g/mol. The van der Waals surface area contributed by atoms with Gasteiger partial charge in [0.1, 0.15) is 0 Å². The standard InChI is InChI=1S/C36H64O5.Na/c1-5-6-7-8-9-10-11-12-13-14-15-25-20-27(37)21-26-22-31(38)34-29-18-17-28(24(2)16-19-33(40)41)36(29,4)32(39)23-30(34)35(25,26)3;/h24-32,34,37-39H,5-23H2,1-4H3,(H,40,41);/q;+1/p-1/t24-,25?,26+,27-,28-,29?,30?,31-,32+,34?,35+,36-;/m1./s1. The first-order chi connectivity index (χ1) is 19.5. The molecule has 42 heavy (non-hydrogen) atoms. The third-order valence-corrected chi connectivity index (χ3v) is 13.5. The van der Waals surface area contributed by atoms with Crippen LogP contribution >= 0.6 is 0 Å². The van der Waals surface area contributed by atoms with E-state index in [9.17, 15) is 25.2 Å². The predicted molar refractivity (Wildman–Crippen MR) is 163 cm³/mol. The van der Waals surface area contributed by atoms with Crippen LogP contribution in [0.1, 0.15) is 150 Å². The van der Waals surface area contributed by atoms with E-state index in [-0.39, 0.29) is 88.6 Å². The Bertz CT molecular complexity index is 838. The molecule has 6 heteroatoms. The van der Waals surface area contributed by atoms with E-state index in [0.717, 1.165) is 44.9 Å². The summed E-state index contributed by atoms with van der Waals surface area (Å²) in [7, 11) is 0. The van der Waals surface area contributed by atoms with Crippen molar-refractivity contribution in [3.05, 3.63) is 0 Å². The van der Waals surface area contributed by atoms with Gasteiger partial charge >= 0.3 is 29.6 Å². The summed E-state index contributed by atoms with van der Waals surface area (Å²) in [6.45, 7) is 9.14. The molecule has 3 N–H and O–H groups in total. The summed E-state index contributed by atoms with van der Waals surface area (Å²) in [4.78, 5) is 11.2. The van der Waals surface area contributed by atoms with Gasteiger partial charge in [-0.2, -0.15) is 0 Å². The van der Waals surface area contributed by atoms with Crippen molar-refractivity contribution in [3.63, 3.8) is 0 Å². The van der Waals surface area contributed by atoms with Crippen molar-refractivity contribution < 1.29 is 54.8 Å². The van der Waals surface area contributed by atoms with Gasteiger partial charge in [-0.15, -0.1) is 0 Å². The summed E-state index contributed by atoms with van der Waals surface area (Å²) in [6.07, 6.45) is 19.2. The molecule has 4 saturated carbocycles. The Labute approximate surface area is 279 Å². The van der Waals surface area contributed by atoms with Crippen LogP contribution in [0.15, 0.2) is 0 Å². The second-order valence-electron chi connectivity index (χ2n) is 15.6. The fraction of sp³-hybridized carbons (Fsp3) is 0.972. The van der Waals surface area contributed by atoms with Crippen LogP contribution in [-0.2, 0) is 4.79 Å². The number of fused-ring (bicyclic) bond motifs is 5. The Morgan fingerprint density at radius 2 is 1.45 bits per heavy atom. The van der Waals surface area contributed by atoms with Gasteiger partial charge < -0.3 is 25.2 Å². The Morgan fingerprint density at radius 1 is 0.833 bits per heavy atom. The maximum Gasteiger partial charge on any atom is 1.00 e. The summed E-state index contributed by atoms with van der Waals surface area (Å²) in [5.74, 6) is 0.992. The van der Waals surface area contributed by atoms with Crippen molar-refractivity contribution in [2.24, 2.45) is 52.3 Å². The molecule has 0 bridgehead atoms. The Balaban J connectivity index is 0.00000484. The van der Waals surface area contributed by atoms with Gasteiger partial charge in [0.25, 0.3) is 0 Å². The Kier molecular flexibility index (Phi) is 14.3. The van der Waals surface area contributed by atoms with Crippen molar-refractivity contribution in [1.29, 1.82) is 0 Å². The quantitative estimate of drug-likeness (QED) is 0.197. The van der Waals surface area contributed by atoms with Crippen LogP contribution in [0.2, 0.25) is 0 Å². The van der Waals surface area contributed by atoms with E-state index in [0.29, 0.717) is 18.3 Å². The summed E-state index contributed by atoms with van der Waals surface area (Å²) >= 11 is 0. The molecule has 0 radical (unpaired) electrons. The number of hydrogen-bond donors (Lipinski definition) is 3. The molecule has 0 aromatic rings. The smallest absolute Gasteiger partial charge is 0.550 e. The SMILES string of the molecule is CCCCCCCCCCCCC1C[C@@H](O)C[C@H]2C[C@@H](O)C3C(C[C@H](O)[C@@]4(C)C3CC[C@@H]4[C@H](C)CCC(=O)[O-])[C@@]12C.[Na+]. The molecule has 0 aromatic heterocycles. The van der Waals surface area contributed by atoms with Crippen LogP contribution in [0.5, 0.6) is 0 Å². The summed E-state index contributed by atoms with van der Waals surface area (Å²) in [5, 5.41) is 45.7. The van der Waals surface area contributed by atoms with Crippen LogP contribution in [0, 0.1) is 52.3 Å². The molecular formula is C36H63NaO5. The van der Waals surface area contributed by atoms with Gasteiger partial charge in [0.05, 0.1) is 18.3 Å². The van der Waals surface area contributed by atoms with Gasteiger partial charge in [-0.05, 0) is 110 Å². The third kappa shape index (κ3) is 7.65. The molecule has 0 aromatic carbocycles. The number of unbranched alkanes of at least 4 members (excludes halogenated alkanes) is 9. The zero-order chi connectivity index (χ0) is 29.8. The molecule has 0 aliphatic heterocycles. The molecule has 4 unspecified atom stereocenters. The van der Waals surface area contributed by atoms with Gasteiger partial charge in [-0.3, -0.25) is 0 Å². The second-order valence-corrected chi connectivity index (χ2v) is 15.6. The number of carbonyl (C=O) groups excluding carboxylic acids is 1. The number of aliphatic hydroxyl groups excluding tert-OH is 3. The molecule has 0 spiro atoms. The molecule has 4 rings (SSSR count). The van der Waals surface area contributed by atoms with Crippen LogP contribution in [0.3, 0.4) is 0 Å². The Morgan fingerprint density at radius 3 is 2.07 bits per heavy atom. The molecule has 4 fully saturated rings. The van der Waals surface area contributed by atoms with Gasteiger partial charge in [0, 0.05) is 5.97 Å². The topological polar surface area (TPSA) is 101 Å². The number of aliphatic hydroxyl groups is 3. The van der Waals surface area contributed by atoms with Crippen LogP contribution in [-0.4, -0.2) is 39.6 Å². The zero-order valence-electron chi connectivity index (χ0n) is 27.9.